The maximum Gasteiger partial charge on any atom is 0.407 e. The molecule has 2 unspecified atom stereocenters. The Morgan fingerprint density at radius 1 is 1.16 bits per heavy atom. The minimum atomic E-state index is -0.924. The van der Waals surface area contributed by atoms with Gasteiger partial charge in [0.05, 0.1) is 25.7 Å². The number of terminal acetylenes is 1. The molecule has 3 atom stereocenters. The van der Waals surface area contributed by atoms with Gasteiger partial charge in [0.15, 0.2) is 0 Å². The molecule has 0 radical (unpaired) electrons. The van der Waals surface area contributed by atoms with Gasteiger partial charge in [0.2, 0.25) is 11.8 Å². The van der Waals surface area contributed by atoms with Gasteiger partial charge in [-0.1, -0.05) is 61.0 Å². The fourth-order valence-electron chi connectivity index (χ4n) is 5.47. The third-order valence-electron chi connectivity index (χ3n) is 7.62. The summed E-state index contributed by atoms with van der Waals surface area (Å²) in [6, 6.07) is 13.4. The lowest BCUT2D eigenvalue weighted by molar-refractivity contribution is -0.191. The van der Waals surface area contributed by atoms with Gasteiger partial charge in [-0.3, -0.25) is 9.59 Å². The Kier molecular flexibility index (Phi) is 10.9. The van der Waals surface area contributed by atoms with E-state index in [-0.39, 0.29) is 57.6 Å². The number of rotatable bonds is 11. The summed E-state index contributed by atoms with van der Waals surface area (Å²) in [5.74, 6) is 1.47. The second-order valence-electron chi connectivity index (χ2n) is 10.5. The van der Waals surface area contributed by atoms with Crippen LogP contribution in [0.25, 0.3) is 0 Å². The number of carbonyl (C=O) groups excluding carboxylic acids is 4. The van der Waals surface area contributed by atoms with Crippen molar-refractivity contribution in [2.75, 3.05) is 32.8 Å². The molecule has 5 amide bonds. The lowest BCUT2D eigenvalue weighted by atomic mass is 9.98. The molecule has 0 saturated carbocycles. The van der Waals surface area contributed by atoms with Crippen LogP contribution in [0.3, 0.4) is 0 Å². The van der Waals surface area contributed by atoms with Crippen LogP contribution in [0.1, 0.15) is 36.9 Å². The molecular weight excluding hydrogens is 567 g/mol. The van der Waals surface area contributed by atoms with Crippen molar-refractivity contribution in [1.29, 1.82) is 0 Å². The van der Waals surface area contributed by atoms with Gasteiger partial charge >= 0.3 is 12.1 Å². The predicted octanol–water partition coefficient (Wildman–Crippen LogP) is 3.02. The Morgan fingerprint density at radius 2 is 1.89 bits per heavy atom. The number of hydrogen-bond donors (Lipinski definition) is 2. The number of nitrogens with zero attached hydrogens (tertiary/aromatic N) is 4. The van der Waals surface area contributed by atoms with Gasteiger partial charge in [-0.25, -0.2) is 19.0 Å². The van der Waals surface area contributed by atoms with Gasteiger partial charge in [-0.2, -0.15) is 5.01 Å². The average Bonchev–Trinajstić information content (AvgIpc) is 3.02. The second kappa shape index (κ2) is 15.0. The molecule has 2 aromatic carbocycles. The van der Waals surface area contributed by atoms with E-state index in [1.807, 2.05) is 37.3 Å². The molecule has 2 aliphatic rings. The van der Waals surface area contributed by atoms with Crippen molar-refractivity contribution in [2.45, 2.75) is 44.6 Å². The van der Waals surface area contributed by atoms with Gasteiger partial charge in [0.1, 0.15) is 24.6 Å². The molecule has 0 aromatic heterocycles. The summed E-state index contributed by atoms with van der Waals surface area (Å²) >= 11 is 0. The first-order valence-electron chi connectivity index (χ1n) is 14.4. The smallest absolute Gasteiger partial charge is 0.407 e. The van der Waals surface area contributed by atoms with E-state index >= 15 is 0 Å². The van der Waals surface area contributed by atoms with Crippen LogP contribution in [0.15, 0.2) is 67.3 Å². The first kappa shape index (κ1) is 32.0. The summed E-state index contributed by atoms with van der Waals surface area (Å²) in [5.41, 5.74) is 1.58. The predicted molar refractivity (Wildman–Crippen MR) is 161 cm³/mol. The van der Waals surface area contributed by atoms with Crippen molar-refractivity contribution in [3.8, 4) is 12.3 Å². The molecule has 232 valence electrons. The highest BCUT2D eigenvalue weighted by Crippen LogP contribution is 2.33. The highest BCUT2D eigenvalue weighted by Gasteiger charge is 2.52. The summed E-state index contributed by atoms with van der Waals surface area (Å²) in [4.78, 5) is 56.4. The van der Waals surface area contributed by atoms with E-state index in [0.29, 0.717) is 12.0 Å². The first-order chi connectivity index (χ1) is 21.2. The number of benzene rings is 2. The van der Waals surface area contributed by atoms with Crippen LogP contribution in [0.2, 0.25) is 0 Å². The van der Waals surface area contributed by atoms with E-state index in [2.05, 4.69) is 23.1 Å². The average molecular weight is 605 g/mol. The van der Waals surface area contributed by atoms with Crippen LogP contribution in [0.5, 0.6) is 0 Å². The number of amides is 5. The standard InChI is InChI=1S/C32H37FN6O5/c1-4-18-36-22-29(40)38-27(12-9-17-34-32(43)44-19-5-2)30(41)37(23(3)25-13-15-26(33)16-14-25)21-28(38)39(36)31(42)35-20-24-10-7-6-8-11-24/h1,5-8,10-11,13-16,23,27-28H,2,9,12,17-22H2,3H3,(H,34,43)(H,35,42)/t23?,27-,28?/m0/s1. The zero-order valence-corrected chi connectivity index (χ0v) is 24.7. The number of alkyl carbamates (subject to hydrolysis) is 1. The lowest BCUT2D eigenvalue weighted by Crippen LogP contribution is -2.76. The maximum atomic E-state index is 14.0. The summed E-state index contributed by atoms with van der Waals surface area (Å²) in [7, 11) is 0. The van der Waals surface area contributed by atoms with Crippen LogP contribution >= 0.6 is 0 Å². The highest BCUT2D eigenvalue weighted by molar-refractivity contribution is 5.91. The molecule has 11 nitrogen and oxygen atoms in total. The number of hydrazine groups is 1. The van der Waals surface area contributed by atoms with Gasteiger partial charge in [0, 0.05) is 13.1 Å². The van der Waals surface area contributed by atoms with Crippen molar-refractivity contribution in [1.82, 2.24) is 30.5 Å². The summed E-state index contributed by atoms with van der Waals surface area (Å²) in [6.45, 7) is 5.63. The minimum Gasteiger partial charge on any atom is -0.445 e. The van der Waals surface area contributed by atoms with Gasteiger partial charge in [-0.15, -0.1) is 6.42 Å². The van der Waals surface area contributed by atoms with Crippen molar-refractivity contribution in [3.05, 3.63) is 84.2 Å². The molecule has 0 aliphatic carbocycles. The third kappa shape index (κ3) is 7.54. The Balaban J connectivity index is 1.62. The number of nitrogens with one attached hydrogen (secondary N) is 2. The van der Waals surface area contributed by atoms with E-state index in [1.165, 1.54) is 33.1 Å². The number of ether oxygens (including phenoxy) is 1. The number of urea groups is 1. The monoisotopic (exact) mass is 604 g/mol. The van der Waals surface area contributed by atoms with E-state index in [0.717, 1.165) is 5.56 Å². The third-order valence-corrected chi connectivity index (χ3v) is 7.62. The molecule has 12 heteroatoms. The van der Waals surface area contributed by atoms with E-state index in [9.17, 15) is 23.6 Å². The second-order valence-corrected chi connectivity index (χ2v) is 10.5. The quantitative estimate of drug-likeness (QED) is 0.232. The number of piperazine rings is 1. The lowest BCUT2D eigenvalue weighted by Gasteiger charge is -2.55. The Bertz CT molecular complexity index is 1380. The number of carbonyl (C=O) groups is 4. The largest absolute Gasteiger partial charge is 0.445 e. The van der Waals surface area contributed by atoms with Crippen LogP contribution in [0.4, 0.5) is 14.0 Å². The Labute approximate surface area is 256 Å². The molecule has 2 N–H and O–H groups in total. The molecule has 44 heavy (non-hydrogen) atoms. The molecule has 2 aliphatic heterocycles. The number of halogens is 1. The van der Waals surface area contributed by atoms with Crippen LogP contribution in [-0.2, 0) is 20.9 Å². The maximum absolute atomic E-state index is 14.0. The van der Waals surface area contributed by atoms with Crippen LogP contribution in [-0.4, -0.2) is 88.7 Å². The number of fused-ring (bicyclic) bond motifs is 1. The van der Waals surface area contributed by atoms with Crippen LogP contribution in [0, 0.1) is 18.2 Å². The van der Waals surface area contributed by atoms with Gasteiger partial charge in [-0.05, 0) is 43.0 Å². The van der Waals surface area contributed by atoms with E-state index < -0.39 is 36.2 Å². The van der Waals surface area contributed by atoms with Crippen molar-refractivity contribution >= 4 is 23.9 Å². The molecule has 2 fully saturated rings. The zero-order chi connectivity index (χ0) is 31.6. The zero-order valence-electron chi connectivity index (χ0n) is 24.7. The van der Waals surface area contributed by atoms with Crippen molar-refractivity contribution in [3.63, 3.8) is 0 Å². The van der Waals surface area contributed by atoms with E-state index in [1.54, 1.807) is 17.0 Å². The molecule has 2 heterocycles. The van der Waals surface area contributed by atoms with Gasteiger partial charge in [0.25, 0.3) is 0 Å². The normalized spacial score (nSPS) is 19.1. The summed E-state index contributed by atoms with van der Waals surface area (Å²) in [6.07, 6.45) is 6.16. The van der Waals surface area contributed by atoms with Crippen molar-refractivity contribution < 1.29 is 28.3 Å². The molecule has 2 saturated heterocycles. The first-order valence-corrected chi connectivity index (χ1v) is 14.4. The fraction of sp³-hybridized carbons (Fsp3) is 0.375. The highest BCUT2D eigenvalue weighted by atomic mass is 19.1. The molecule has 2 aromatic rings. The number of hydrogen-bond acceptors (Lipinski definition) is 6. The van der Waals surface area contributed by atoms with Crippen molar-refractivity contribution in [2.24, 2.45) is 0 Å². The van der Waals surface area contributed by atoms with Crippen LogP contribution < -0.4 is 10.6 Å². The van der Waals surface area contributed by atoms with E-state index in [4.69, 9.17) is 11.2 Å². The Hall–Kier alpha value is -4.89. The van der Waals surface area contributed by atoms with Gasteiger partial charge < -0.3 is 25.2 Å². The molecule has 0 bridgehead atoms. The fourth-order valence-corrected chi connectivity index (χ4v) is 5.47. The Morgan fingerprint density at radius 3 is 2.57 bits per heavy atom. The summed E-state index contributed by atoms with van der Waals surface area (Å²) < 4.78 is 18.6. The topological polar surface area (TPSA) is 115 Å². The molecular formula is C32H37FN6O5. The molecule has 4 rings (SSSR count). The molecule has 0 spiro atoms. The SMILES string of the molecule is C#CCN1CC(=O)N2C(CN(C(C)c3ccc(F)cc3)C(=O)[C@@H]2CCCNC(=O)OCC=C)N1C(=O)NCc1ccccc1. The minimum absolute atomic E-state index is 0.00228. The summed E-state index contributed by atoms with van der Waals surface area (Å²) in [5, 5.41) is 8.48.